The Kier molecular flexibility index (Phi) is 13.8. The molecule has 0 unspecified atom stereocenters. The summed E-state index contributed by atoms with van der Waals surface area (Å²) in [5.41, 5.74) is 0. The van der Waals surface area contributed by atoms with Gasteiger partial charge in [-0.05, 0) is 31.9 Å². The molecular weight excluding hydrogens is 471 g/mol. The molecule has 0 atom stereocenters. The minimum Gasteiger partial charge on any atom is -0.467 e. The fraction of sp³-hybridized carbons (Fsp3) is 0.688. The molecule has 0 aliphatic rings. The maximum absolute atomic E-state index is 11.6. The molecule has 0 saturated carbocycles. The van der Waals surface area contributed by atoms with E-state index < -0.39 is 10.0 Å². The summed E-state index contributed by atoms with van der Waals surface area (Å²) in [6.07, 6.45) is 3.19. The predicted octanol–water partition coefficient (Wildman–Crippen LogP) is 1.64. The lowest BCUT2D eigenvalue weighted by atomic mass is 10.4. The van der Waals surface area contributed by atoms with Crippen LogP contribution in [0.25, 0.3) is 0 Å². The van der Waals surface area contributed by atoms with Gasteiger partial charge in [0.05, 0.1) is 12.0 Å². The summed E-state index contributed by atoms with van der Waals surface area (Å²) in [5.74, 6) is 1.65. The quantitative estimate of drug-likeness (QED) is 0.195. The number of ether oxygens (including phenoxy) is 1. The maximum atomic E-state index is 11.6. The molecule has 10 heteroatoms. The van der Waals surface area contributed by atoms with Crippen LogP contribution in [-0.4, -0.2) is 64.8 Å². The Morgan fingerprint density at radius 3 is 2.58 bits per heavy atom. The summed E-state index contributed by atoms with van der Waals surface area (Å²) in [5, 5.41) is 6.37. The minimum absolute atomic E-state index is 0. The van der Waals surface area contributed by atoms with Gasteiger partial charge in [-0.3, -0.25) is 4.99 Å². The van der Waals surface area contributed by atoms with E-state index in [-0.39, 0.29) is 29.7 Å². The second-order valence-corrected chi connectivity index (χ2v) is 7.85. The number of nitrogens with zero attached hydrogens (tertiary/aromatic N) is 2. The Labute approximate surface area is 173 Å². The minimum atomic E-state index is -3.10. The molecule has 0 aliphatic carbocycles. The normalized spacial score (nSPS) is 12.1. The van der Waals surface area contributed by atoms with E-state index in [0.717, 1.165) is 18.7 Å². The van der Waals surface area contributed by atoms with Gasteiger partial charge in [0.2, 0.25) is 10.0 Å². The fourth-order valence-corrected chi connectivity index (χ4v) is 2.89. The summed E-state index contributed by atoms with van der Waals surface area (Å²) in [6.45, 7) is 4.63. The van der Waals surface area contributed by atoms with Crippen molar-refractivity contribution in [1.29, 1.82) is 0 Å². The van der Waals surface area contributed by atoms with Gasteiger partial charge < -0.3 is 19.8 Å². The first-order valence-corrected chi connectivity index (χ1v) is 10.1. The zero-order valence-corrected chi connectivity index (χ0v) is 18.9. The van der Waals surface area contributed by atoms with Crippen LogP contribution in [0.4, 0.5) is 0 Å². The van der Waals surface area contributed by atoms with Crippen molar-refractivity contribution in [3.05, 3.63) is 24.2 Å². The lowest BCUT2D eigenvalue weighted by Crippen LogP contribution is -2.39. The smallest absolute Gasteiger partial charge is 0.213 e. The van der Waals surface area contributed by atoms with E-state index in [1.807, 2.05) is 12.1 Å². The Bertz CT molecular complexity index is 593. The van der Waals surface area contributed by atoms with Gasteiger partial charge in [-0.15, -0.1) is 24.0 Å². The Balaban J connectivity index is 0.00000625. The molecule has 1 aromatic rings. The molecule has 1 aromatic heterocycles. The standard InChI is InChI=1S/C16H30N4O4S.HI/c1-4-25(21,22)20(3)11-6-9-18-16(17-2)19-10-7-12-23-14-15-8-5-13-24-15;/h5,8,13H,4,6-7,9-12,14H2,1-3H3,(H2,17,18,19);1H. The van der Waals surface area contributed by atoms with Crippen molar-refractivity contribution in [3.8, 4) is 0 Å². The molecule has 1 heterocycles. The van der Waals surface area contributed by atoms with Crippen molar-refractivity contribution < 1.29 is 17.6 Å². The van der Waals surface area contributed by atoms with Gasteiger partial charge in [0.1, 0.15) is 12.4 Å². The number of halogens is 1. The van der Waals surface area contributed by atoms with Crippen molar-refractivity contribution in [1.82, 2.24) is 14.9 Å². The zero-order valence-electron chi connectivity index (χ0n) is 15.7. The van der Waals surface area contributed by atoms with Crippen LogP contribution >= 0.6 is 24.0 Å². The number of hydrogen-bond donors (Lipinski definition) is 2. The molecule has 0 amide bonds. The van der Waals surface area contributed by atoms with Crippen LogP contribution in [0.3, 0.4) is 0 Å². The molecule has 0 bridgehead atoms. The van der Waals surface area contributed by atoms with Crippen molar-refractivity contribution in [2.45, 2.75) is 26.4 Å². The highest BCUT2D eigenvalue weighted by Crippen LogP contribution is 2.01. The number of nitrogens with one attached hydrogen (secondary N) is 2. The van der Waals surface area contributed by atoms with Crippen LogP contribution in [0.15, 0.2) is 27.8 Å². The van der Waals surface area contributed by atoms with E-state index in [0.29, 0.717) is 38.7 Å². The van der Waals surface area contributed by atoms with Gasteiger partial charge >= 0.3 is 0 Å². The van der Waals surface area contributed by atoms with E-state index in [2.05, 4.69) is 15.6 Å². The number of rotatable bonds is 12. The van der Waals surface area contributed by atoms with Gasteiger partial charge in [-0.25, -0.2) is 12.7 Å². The third-order valence-electron chi connectivity index (χ3n) is 3.59. The first kappa shape index (κ1) is 25.1. The molecule has 0 radical (unpaired) electrons. The number of sulfonamides is 1. The van der Waals surface area contributed by atoms with Crippen LogP contribution in [-0.2, 0) is 21.4 Å². The zero-order chi connectivity index (χ0) is 18.5. The van der Waals surface area contributed by atoms with E-state index in [4.69, 9.17) is 9.15 Å². The average molecular weight is 502 g/mol. The van der Waals surface area contributed by atoms with Gasteiger partial charge in [0, 0.05) is 40.3 Å². The number of guanidine groups is 1. The topological polar surface area (TPSA) is 96.2 Å². The van der Waals surface area contributed by atoms with E-state index in [9.17, 15) is 8.42 Å². The van der Waals surface area contributed by atoms with E-state index >= 15 is 0 Å². The van der Waals surface area contributed by atoms with Gasteiger partial charge in [0.15, 0.2) is 5.96 Å². The van der Waals surface area contributed by atoms with Crippen LogP contribution in [0.1, 0.15) is 25.5 Å². The lowest BCUT2D eigenvalue weighted by Gasteiger charge is -2.16. The third kappa shape index (κ3) is 10.3. The monoisotopic (exact) mass is 502 g/mol. The van der Waals surface area contributed by atoms with Crippen molar-refractivity contribution in [3.63, 3.8) is 0 Å². The maximum Gasteiger partial charge on any atom is 0.213 e. The second-order valence-electron chi connectivity index (χ2n) is 5.49. The Morgan fingerprint density at radius 1 is 1.31 bits per heavy atom. The van der Waals surface area contributed by atoms with Crippen LogP contribution in [0.5, 0.6) is 0 Å². The third-order valence-corrected chi connectivity index (χ3v) is 5.45. The summed E-state index contributed by atoms with van der Waals surface area (Å²) in [7, 11) is 0.206. The first-order valence-electron chi connectivity index (χ1n) is 8.48. The van der Waals surface area contributed by atoms with Crippen molar-refractivity contribution in [2.75, 3.05) is 46.1 Å². The molecule has 1 rings (SSSR count). The Hall–Kier alpha value is -0.850. The number of hydrogen-bond acceptors (Lipinski definition) is 5. The molecule has 26 heavy (non-hydrogen) atoms. The predicted molar refractivity (Wildman–Crippen MR) is 114 cm³/mol. The second kappa shape index (κ2) is 14.2. The highest BCUT2D eigenvalue weighted by Gasteiger charge is 2.13. The molecule has 0 spiro atoms. The van der Waals surface area contributed by atoms with Gasteiger partial charge in [-0.1, -0.05) is 0 Å². The number of aliphatic imine (C=N–C) groups is 1. The van der Waals surface area contributed by atoms with Crippen LogP contribution in [0.2, 0.25) is 0 Å². The average Bonchev–Trinajstić information content (AvgIpc) is 3.12. The summed E-state index contributed by atoms with van der Waals surface area (Å²) < 4.78 is 35.4. The van der Waals surface area contributed by atoms with Crippen LogP contribution in [0, 0.1) is 0 Å². The van der Waals surface area contributed by atoms with Crippen molar-refractivity contribution >= 4 is 40.0 Å². The van der Waals surface area contributed by atoms with Crippen molar-refractivity contribution in [2.24, 2.45) is 4.99 Å². The molecule has 2 N–H and O–H groups in total. The molecule has 8 nitrogen and oxygen atoms in total. The fourth-order valence-electron chi connectivity index (χ4n) is 2.04. The summed E-state index contributed by atoms with van der Waals surface area (Å²) in [4.78, 5) is 4.13. The molecule has 0 saturated heterocycles. The van der Waals surface area contributed by atoms with E-state index in [1.54, 1.807) is 27.3 Å². The molecule has 0 aromatic carbocycles. The SMILES string of the molecule is CCS(=O)(=O)N(C)CCCNC(=NC)NCCCOCc1ccco1.I. The molecule has 0 fully saturated rings. The summed E-state index contributed by atoms with van der Waals surface area (Å²) in [6, 6.07) is 3.72. The number of furan rings is 1. The molecule has 152 valence electrons. The largest absolute Gasteiger partial charge is 0.467 e. The van der Waals surface area contributed by atoms with E-state index in [1.165, 1.54) is 4.31 Å². The molecular formula is C16H31IN4O4S. The Morgan fingerprint density at radius 2 is 2.00 bits per heavy atom. The highest BCUT2D eigenvalue weighted by atomic mass is 127. The lowest BCUT2D eigenvalue weighted by molar-refractivity contribution is 0.105. The molecule has 0 aliphatic heterocycles. The first-order chi connectivity index (χ1) is 12.0. The highest BCUT2D eigenvalue weighted by molar-refractivity contribution is 14.0. The van der Waals surface area contributed by atoms with Gasteiger partial charge in [0.25, 0.3) is 0 Å². The summed E-state index contributed by atoms with van der Waals surface area (Å²) >= 11 is 0. The van der Waals surface area contributed by atoms with Gasteiger partial charge in [-0.2, -0.15) is 0 Å². The van der Waals surface area contributed by atoms with Crippen LogP contribution < -0.4 is 10.6 Å².